The van der Waals surface area contributed by atoms with Crippen LogP contribution in [0.5, 0.6) is 5.75 Å². The number of aryl methyl sites for hydroxylation is 1. The SMILES string of the molecule is C=CC(=O)N1CCN2c3nc(=O)n(-c4c(C)ccnc4C(C)C)c4c(Cl)c(-c5c(O)cccc5F)c(F)c(c34)N(C)CCC2C1. The predicted octanol–water partition coefficient (Wildman–Crippen LogP) is 5.56. The zero-order valence-electron chi connectivity index (χ0n) is 25.4. The molecule has 45 heavy (non-hydrogen) atoms. The quantitative estimate of drug-likeness (QED) is 0.294. The van der Waals surface area contributed by atoms with Gasteiger partial charge in [-0.1, -0.05) is 38.1 Å². The van der Waals surface area contributed by atoms with E-state index in [-0.39, 0.29) is 50.9 Å². The molecule has 1 fully saturated rings. The summed E-state index contributed by atoms with van der Waals surface area (Å²) in [6.45, 7) is 10.7. The number of carbonyl (C=O) groups excluding carboxylic acids is 1. The molecule has 2 aromatic heterocycles. The van der Waals surface area contributed by atoms with Crippen LogP contribution in [0, 0.1) is 18.6 Å². The lowest BCUT2D eigenvalue weighted by Crippen LogP contribution is -2.56. The molecule has 1 unspecified atom stereocenters. The van der Waals surface area contributed by atoms with Crippen molar-refractivity contribution in [1.82, 2.24) is 19.4 Å². The van der Waals surface area contributed by atoms with Crippen molar-refractivity contribution in [3.63, 3.8) is 0 Å². The van der Waals surface area contributed by atoms with Gasteiger partial charge in [-0.25, -0.2) is 13.6 Å². The third kappa shape index (κ3) is 4.80. The van der Waals surface area contributed by atoms with Gasteiger partial charge in [0.2, 0.25) is 5.91 Å². The van der Waals surface area contributed by atoms with Crippen molar-refractivity contribution in [2.45, 2.75) is 39.2 Å². The average Bonchev–Trinajstić information content (AvgIpc) is 3.00. The van der Waals surface area contributed by atoms with Gasteiger partial charge < -0.3 is 19.8 Å². The highest BCUT2D eigenvalue weighted by Crippen LogP contribution is 2.49. The second kappa shape index (κ2) is 11.4. The van der Waals surface area contributed by atoms with E-state index < -0.39 is 28.6 Å². The summed E-state index contributed by atoms with van der Waals surface area (Å²) in [5.74, 6) is -2.31. The van der Waals surface area contributed by atoms with Gasteiger partial charge >= 0.3 is 5.69 Å². The maximum atomic E-state index is 17.0. The summed E-state index contributed by atoms with van der Waals surface area (Å²) in [5.41, 5.74) is 0.492. The van der Waals surface area contributed by atoms with E-state index in [2.05, 4.69) is 16.5 Å². The highest BCUT2D eigenvalue weighted by Gasteiger charge is 2.38. The molecule has 2 aromatic carbocycles. The normalized spacial score (nSPS) is 16.5. The Bertz CT molecular complexity index is 1920. The number of fused-ring (bicyclic) bond motifs is 2. The van der Waals surface area contributed by atoms with Crippen molar-refractivity contribution >= 4 is 39.9 Å². The number of pyridine rings is 1. The van der Waals surface area contributed by atoms with Crippen molar-refractivity contribution < 1.29 is 18.7 Å². The molecule has 2 aliphatic heterocycles. The summed E-state index contributed by atoms with van der Waals surface area (Å²) >= 11 is 7.14. The van der Waals surface area contributed by atoms with Crippen LogP contribution >= 0.6 is 11.6 Å². The van der Waals surface area contributed by atoms with E-state index in [1.165, 1.54) is 22.8 Å². The van der Waals surface area contributed by atoms with Gasteiger partial charge in [-0.2, -0.15) is 4.98 Å². The first-order chi connectivity index (χ1) is 21.5. The Hall–Kier alpha value is -4.51. The van der Waals surface area contributed by atoms with Gasteiger partial charge in [0.1, 0.15) is 17.4 Å². The molecule has 1 saturated heterocycles. The number of hydrogen-bond donors (Lipinski definition) is 1. The predicted molar refractivity (Wildman–Crippen MR) is 172 cm³/mol. The van der Waals surface area contributed by atoms with Gasteiger partial charge in [0.15, 0.2) is 5.82 Å². The van der Waals surface area contributed by atoms with Crippen molar-refractivity contribution in [2.75, 3.05) is 43.0 Å². The first-order valence-corrected chi connectivity index (χ1v) is 15.1. The summed E-state index contributed by atoms with van der Waals surface area (Å²) in [4.78, 5) is 41.3. The highest BCUT2D eigenvalue weighted by atomic mass is 35.5. The summed E-state index contributed by atoms with van der Waals surface area (Å²) < 4.78 is 33.8. The number of hydrogen-bond acceptors (Lipinski definition) is 7. The monoisotopic (exact) mass is 634 g/mol. The fraction of sp³-hybridized carbons (Fsp3) is 0.333. The van der Waals surface area contributed by atoms with Crippen molar-refractivity contribution in [3.05, 3.63) is 81.5 Å². The molecule has 4 heterocycles. The molecule has 1 N–H and O–H groups in total. The van der Waals surface area contributed by atoms with Crippen molar-refractivity contribution in [1.29, 1.82) is 0 Å². The first kappa shape index (κ1) is 30.5. The van der Waals surface area contributed by atoms with E-state index in [4.69, 9.17) is 11.6 Å². The van der Waals surface area contributed by atoms with Crippen molar-refractivity contribution in [2.24, 2.45) is 0 Å². The largest absolute Gasteiger partial charge is 0.507 e. The molecule has 6 rings (SSSR count). The lowest BCUT2D eigenvalue weighted by atomic mass is 9.96. The Morgan fingerprint density at radius 3 is 2.60 bits per heavy atom. The number of phenolic OH excluding ortho intramolecular Hbond substituents is 1. The number of aromatic hydroxyl groups is 1. The topological polar surface area (TPSA) is 94.8 Å². The van der Waals surface area contributed by atoms with Gasteiger partial charge in [-0.05, 0) is 49.1 Å². The maximum absolute atomic E-state index is 17.0. The van der Waals surface area contributed by atoms with E-state index in [0.29, 0.717) is 49.5 Å². The molecule has 4 aromatic rings. The molecule has 0 bridgehead atoms. The maximum Gasteiger partial charge on any atom is 0.354 e. The molecule has 0 aliphatic carbocycles. The lowest BCUT2D eigenvalue weighted by molar-refractivity contribution is -0.126. The summed E-state index contributed by atoms with van der Waals surface area (Å²) in [7, 11) is 1.70. The van der Waals surface area contributed by atoms with Crippen LogP contribution in [0.3, 0.4) is 0 Å². The van der Waals surface area contributed by atoms with Crippen molar-refractivity contribution in [3.8, 4) is 22.6 Å². The second-order valence-electron chi connectivity index (χ2n) is 11.8. The van der Waals surface area contributed by atoms with Crippen LogP contribution in [0.2, 0.25) is 5.02 Å². The summed E-state index contributed by atoms with van der Waals surface area (Å²) in [5, 5.41) is 10.8. The van der Waals surface area contributed by atoms with E-state index in [1.807, 2.05) is 25.7 Å². The van der Waals surface area contributed by atoms with Crippen LogP contribution in [0.15, 0.2) is 47.9 Å². The lowest BCUT2D eigenvalue weighted by Gasteiger charge is -2.44. The van der Waals surface area contributed by atoms with Gasteiger partial charge in [0.25, 0.3) is 0 Å². The molecule has 12 heteroatoms. The number of piperazine rings is 1. The number of amides is 1. The Morgan fingerprint density at radius 1 is 1.16 bits per heavy atom. The summed E-state index contributed by atoms with van der Waals surface area (Å²) in [6, 6.07) is 5.20. The van der Waals surface area contributed by atoms with Crippen LogP contribution in [0.25, 0.3) is 27.7 Å². The van der Waals surface area contributed by atoms with Crippen LogP contribution in [0.4, 0.5) is 20.3 Å². The molecule has 0 saturated carbocycles. The molecular formula is C33H33ClF2N6O3. The fourth-order valence-corrected chi connectivity index (χ4v) is 6.94. The molecule has 9 nitrogen and oxygen atoms in total. The molecule has 1 amide bonds. The molecule has 0 radical (unpaired) electrons. The van der Waals surface area contributed by atoms with Crippen LogP contribution in [0.1, 0.15) is 37.4 Å². The zero-order chi connectivity index (χ0) is 32.3. The number of anilines is 2. The number of carbonyl (C=O) groups is 1. The Labute approximate surface area is 264 Å². The molecular weight excluding hydrogens is 602 g/mol. The Kier molecular flexibility index (Phi) is 7.76. The number of benzene rings is 2. The van der Waals surface area contributed by atoms with Gasteiger partial charge in [0.05, 0.1) is 38.6 Å². The van der Waals surface area contributed by atoms with Gasteiger partial charge in [-0.3, -0.25) is 14.3 Å². The van der Waals surface area contributed by atoms with Crippen LogP contribution < -0.4 is 15.5 Å². The van der Waals surface area contributed by atoms with Crippen LogP contribution in [-0.2, 0) is 4.79 Å². The number of phenols is 1. The zero-order valence-corrected chi connectivity index (χ0v) is 26.2. The number of halogens is 3. The third-order valence-corrected chi connectivity index (χ3v) is 9.12. The highest BCUT2D eigenvalue weighted by molar-refractivity contribution is 6.39. The van der Waals surface area contributed by atoms with E-state index >= 15 is 8.78 Å². The van der Waals surface area contributed by atoms with E-state index in [0.717, 1.165) is 6.07 Å². The smallest absolute Gasteiger partial charge is 0.354 e. The molecule has 0 spiro atoms. The number of rotatable bonds is 4. The Balaban J connectivity index is 1.80. The Morgan fingerprint density at radius 2 is 1.91 bits per heavy atom. The average molecular weight is 635 g/mol. The van der Waals surface area contributed by atoms with Gasteiger partial charge in [-0.15, -0.1) is 0 Å². The number of nitrogens with zero attached hydrogens (tertiary/aromatic N) is 6. The van der Waals surface area contributed by atoms with E-state index in [9.17, 15) is 14.7 Å². The molecule has 234 valence electrons. The fourth-order valence-electron chi connectivity index (χ4n) is 6.58. The minimum absolute atomic E-state index is 0.0685. The minimum atomic E-state index is -0.873. The first-order valence-electron chi connectivity index (χ1n) is 14.8. The van der Waals surface area contributed by atoms with Gasteiger partial charge in [0, 0.05) is 51.0 Å². The van der Waals surface area contributed by atoms with E-state index in [1.54, 1.807) is 29.1 Å². The summed E-state index contributed by atoms with van der Waals surface area (Å²) in [6.07, 6.45) is 3.43. The van der Waals surface area contributed by atoms with Crippen LogP contribution in [-0.4, -0.2) is 69.7 Å². The third-order valence-electron chi connectivity index (χ3n) is 8.76. The second-order valence-corrected chi connectivity index (χ2v) is 12.2. The number of aromatic nitrogens is 3. The molecule has 1 atom stereocenters. The molecule has 2 aliphatic rings. The standard InChI is InChI=1S/C33H33ClF2N6O3/c1-6-22(44)40-14-15-41-19(16-40)11-13-39(5)31-25-30(26(34)24(27(31)36)23-20(35)8-7-9-21(23)43)42(33(45)38-32(25)41)29-18(4)10-12-37-28(29)17(2)3/h6-10,12,17,19,43H,1,11,13-16H2,2-5H3. The minimum Gasteiger partial charge on any atom is -0.507 e.